The minimum absolute atomic E-state index is 0.210. The lowest BCUT2D eigenvalue weighted by Gasteiger charge is -2.16. The summed E-state index contributed by atoms with van der Waals surface area (Å²) in [6.07, 6.45) is -0.600. The summed E-state index contributed by atoms with van der Waals surface area (Å²) in [7, 11) is 0. The van der Waals surface area contributed by atoms with Gasteiger partial charge >= 0.3 is 0 Å². The Morgan fingerprint density at radius 1 is 1.17 bits per heavy atom. The first kappa shape index (κ1) is 17.8. The molecule has 0 radical (unpaired) electrons. The van der Waals surface area contributed by atoms with Crippen molar-refractivity contribution in [1.29, 1.82) is 0 Å². The summed E-state index contributed by atoms with van der Waals surface area (Å²) in [5.41, 5.74) is 2.14. The van der Waals surface area contributed by atoms with Gasteiger partial charge in [0, 0.05) is 0 Å². The van der Waals surface area contributed by atoms with E-state index in [1.807, 2.05) is 32.0 Å². The van der Waals surface area contributed by atoms with Gasteiger partial charge < -0.3 is 14.8 Å². The number of ether oxygens (including phenoxy) is 2. The summed E-state index contributed by atoms with van der Waals surface area (Å²) in [5.74, 6) is 0.738. The van der Waals surface area contributed by atoms with Crippen molar-refractivity contribution in [3.8, 4) is 11.5 Å². The van der Waals surface area contributed by atoms with Crippen LogP contribution < -0.4 is 14.8 Å². The molecular formula is C19H22FNO3. The molecule has 0 bridgehead atoms. The fraction of sp³-hybridized carbons (Fsp3) is 0.316. The van der Waals surface area contributed by atoms with Crippen molar-refractivity contribution in [3.63, 3.8) is 0 Å². The Kier molecular flexibility index (Phi) is 6.18. The fourth-order valence-corrected chi connectivity index (χ4v) is 2.19. The van der Waals surface area contributed by atoms with Crippen LogP contribution in [0, 0.1) is 19.7 Å². The van der Waals surface area contributed by atoms with Gasteiger partial charge in [-0.3, -0.25) is 4.79 Å². The molecule has 24 heavy (non-hydrogen) atoms. The SMILES string of the molecule is Cc1ccc(OC(C)C(=O)NCCOc2ccc(F)cc2)c(C)c1. The molecule has 0 aromatic heterocycles. The number of aryl methyl sites for hydroxylation is 2. The highest BCUT2D eigenvalue weighted by atomic mass is 19.1. The number of halogens is 1. The topological polar surface area (TPSA) is 47.6 Å². The van der Waals surface area contributed by atoms with Crippen molar-refractivity contribution in [3.05, 3.63) is 59.4 Å². The van der Waals surface area contributed by atoms with Crippen LogP contribution in [0.4, 0.5) is 4.39 Å². The van der Waals surface area contributed by atoms with Crippen LogP contribution in [-0.4, -0.2) is 25.2 Å². The van der Waals surface area contributed by atoms with Gasteiger partial charge in [-0.05, 0) is 56.7 Å². The van der Waals surface area contributed by atoms with Crippen LogP contribution in [0.2, 0.25) is 0 Å². The summed E-state index contributed by atoms with van der Waals surface area (Å²) in [6.45, 7) is 6.30. The molecule has 1 atom stereocenters. The van der Waals surface area contributed by atoms with E-state index in [4.69, 9.17) is 9.47 Å². The molecule has 0 aliphatic carbocycles. The number of carbonyl (C=O) groups excluding carboxylic acids is 1. The maximum Gasteiger partial charge on any atom is 0.260 e. The maximum atomic E-state index is 12.8. The lowest BCUT2D eigenvalue weighted by atomic mass is 10.1. The molecule has 4 nitrogen and oxygen atoms in total. The highest BCUT2D eigenvalue weighted by molar-refractivity contribution is 5.80. The second kappa shape index (κ2) is 8.34. The zero-order valence-corrected chi connectivity index (χ0v) is 14.1. The van der Waals surface area contributed by atoms with E-state index in [0.29, 0.717) is 24.7 Å². The molecule has 128 valence electrons. The van der Waals surface area contributed by atoms with Gasteiger partial charge in [-0.25, -0.2) is 4.39 Å². The van der Waals surface area contributed by atoms with Gasteiger partial charge in [0.05, 0.1) is 6.54 Å². The summed E-state index contributed by atoms with van der Waals surface area (Å²) in [4.78, 5) is 12.0. The van der Waals surface area contributed by atoms with Gasteiger partial charge in [0.25, 0.3) is 5.91 Å². The van der Waals surface area contributed by atoms with Gasteiger partial charge in [-0.1, -0.05) is 17.7 Å². The minimum atomic E-state index is -0.600. The number of hydrogen-bond donors (Lipinski definition) is 1. The van der Waals surface area contributed by atoms with E-state index in [1.54, 1.807) is 19.1 Å². The van der Waals surface area contributed by atoms with E-state index in [-0.39, 0.29) is 11.7 Å². The Labute approximate surface area is 141 Å². The number of hydrogen-bond acceptors (Lipinski definition) is 3. The van der Waals surface area contributed by atoms with E-state index in [2.05, 4.69) is 5.32 Å². The van der Waals surface area contributed by atoms with E-state index in [1.165, 1.54) is 12.1 Å². The van der Waals surface area contributed by atoms with Crippen LogP contribution in [-0.2, 0) is 4.79 Å². The van der Waals surface area contributed by atoms with Gasteiger partial charge in [0.2, 0.25) is 0 Å². The molecule has 0 heterocycles. The molecule has 2 rings (SSSR count). The summed E-state index contributed by atoms with van der Waals surface area (Å²) in [6, 6.07) is 11.6. The maximum absolute atomic E-state index is 12.8. The molecule has 1 unspecified atom stereocenters. The first-order chi connectivity index (χ1) is 11.5. The van der Waals surface area contributed by atoms with E-state index >= 15 is 0 Å². The third-order valence-electron chi connectivity index (χ3n) is 3.49. The molecule has 0 saturated heterocycles. The Hall–Kier alpha value is -2.56. The van der Waals surface area contributed by atoms with E-state index in [9.17, 15) is 9.18 Å². The van der Waals surface area contributed by atoms with Crippen molar-refractivity contribution >= 4 is 5.91 Å². The second-order valence-corrected chi connectivity index (χ2v) is 5.62. The van der Waals surface area contributed by atoms with Crippen LogP contribution in [0.1, 0.15) is 18.1 Å². The van der Waals surface area contributed by atoms with Crippen LogP contribution in [0.5, 0.6) is 11.5 Å². The Morgan fingerprint density at radius 2 is 1.88 bits per heavy atom. The third kappa shape index (κ3) is 5.26. The lowest BCUT2D eigenvalue weighted by molar-refractivity contribution is -0.127. The molecule has 5 heteroatoms. The average Bonchev–Trinajstić information content (AvgIpc) is 2.55. The van der Waals surface area contributed by atoms with Gasteiger partial charge in [0.15, 0.2) is 6.10 Å². The molecule has 0 aliphatic rings. The van der Waals surface area contributed by atoms with Crippen LogP contribution in [0.3, 0.4) is 0 Å². The highest BCUT2D eigenvalue weighted by Gasteiger charge is 2.15. The highest BCUT2D eigenvalue weighted by Crippen LogP contribution is 2.20. The number of carbonyl (C=O) groups is 1. The van der Waals surface area contributed by atoms with Crippen LogP contribution in [0.25, 0.3) is 0 Å². The summed E-state index contributed by atoms with van der Waals surface area (Å²) in [5, 5.41) is 2.75. The quantitative estimate of drug-likeness (QED) is 0.791. The molecule has 0 saturated carbocycles. The molecule has 0 fully saturated rings. The number of nitrogens with one attached hydrogen (secondary N) is 1. The third-order valence-corrected chi connectivity index (χ3v) is 3.49. The zero-order valence-electron chi connectivity index (χ0n) is 14.1. The fourth-order valence-electron chi connectivity index (χ4n) is 2.19. The lowest BCUT2D eigenvalue weighted by Crippen LogP contribution is -2.38. The van der Waals surface area contributed by atoms with Crippen molar-refractivity contribution < 1.29 is 18.7 Å². The minimum Gasteiger partial charge on any atom is -0.492 e. The molecule has 1 amide bonds. The first-order valence-corrected chi connectivity index (χ1v) is 7.85. The van der Waals surface area contributed by atoms with Gasteiger partial charge in [-0.2, -0.15) is 0 Å². The first-order valence-electron chi connectivity index (χ1n) is 7.85. The molecule has 0 aliphatic heterocycles. The largest absolute Gasteiger partial charge is 0.492 e. The Balaban J connectivity index is 1.74. The van der Waals surface area contributed by atoms with E-state index in [0.717, 1.165) is 11.1 Å². The van der Waals surface area contributed by atoms with Gasteiger partial charge in [-0.15, -0.1) is 0 Å². The van der Waals surface area contributed by atoms with Crippen molar-refractivity contribution in [2.24, 2.45) is 0 Å². The van der Waals surface area contributed by atoms with Crippen molar-refractivity contribution in [2.45, 2.75) is 26.9 Å². The second-order valence-electron chi connectivity index (χ2n) is 5.62. The van der Waals surface area contributed by atoms with Crippen molar-refractivity contribution in [2.75, 3.05) is 13.2 Å². The Bertz CT molecular complexity index is 686. The zero-order chi connectivity index (χ0) is 17.5. The van der Waals surface area contributed by atoms with E-state index < -0.39 is 6.10 Å². The van der Waals surface area contributed by atoms with Crippen LogP contribution in [0.15, 0.2) is 42.5 Å². The normalized spacial score (nSPS) is 11.7. The molecule has 2 aromatic carbocycles. The number of benzene rings is 2. The number of rotatable bonds is 7. The van der Waals surface area contributed by atoms with Crippen LogP contribution >= 0.6 is 0 Å². The average molecular weight is 331 g/mol. The molecular weight excluding hydrogens is 309 g/mol. The molecule has 0 spiro atoms. The van der Waals surface area contributed by atoms with Gasteiger partial charge in [0.1, 0.15) is 23.9 Å². The standard InChI is InChI=1S/C19H22FNO3/c1-13-4-9-18(14(2)12-13)24-15(3)19(22)21-10-11-23-17-7-5-16(20)6-8-17/h4-9,12,15H,10-11H2,1-3H3,(H,21,22). The molecule has 1 N–H and O–H groups in total. The summed E-state index contributed by atoms with van der Waals surface area (Å²) < 4.78 is 23.9. The molecule has 2 aromatic rings. The predicted octanol–water partition coefficient (Wildman–Crippen LogP) is 3.41. The monoisotopic (exact) mass is 331 g/mol. The van der Waals surface area contributed by atoms with Crippen molar-refractivity contribution in [1.82, 2.24) is 5.32 Å². The predicted molar refractivity (Wildman–Crippen MR) is 90.9 cm³/mol. The smallest absolute Gasteiger partial charge is 0.260 e. The summed E-state index contributed by atoms with van der Waals surface area (Å²) >= 11 is 0. The number of amides is 1. The Morgan fingerprint density at radius 3 is 2.54 bits per heavy atom.